The number of carbonyl (C=O) groups is 1. The fourth-order valence-corrected chi connectivity index (χ4v) is 1.73. The second kappa shape index (κ2) is 5.14. The van der Waals surface area contributed by atoms with E-state index in [1.54, 1.807) is 4.90 Å². The van der Waals surface area contributed by atoms with Crippen molar-refractivity contribution in [3.63, 3.8) is 0 Å². The molecule has 0 aromatic heterocycles. The Morgan fingerprint density at radius 1 is 1.19 bits per heavy atom. The average Bonchev–Trinajstić information content (AvgIpc) is 2.17. The van der Waals surface area contributed by atoms with E-state index in [4.69, 9.17) is 0 Å². The third kappa shape index (κ3) is 3.75. The Balaban J connectivity index is 2.35. The van der Waals surface area contributed by atoms with Crippen LogP contribution in [0.15, 0.2) is 0 Å². The van der Waals surface area contributed by atoms with Crippen LogP contribution in [0, 0.1) is 0 Å². The number of hydrogen-bond acceptors (Lipinski definition) is 3. The number of alkyl halides is 3. The minimum atomic E-state index is -4.70. The largest absolute Gasteiger partial charge is 0.451 e. The second-order valence-electron chi connectivity index (χ2n) is 4.33. The van der Waals surface area contributed by atoms with E-state index in [-0.39, 0.29) is 0 Å². The highest BCUT2D eigenvalue weighted by Crippen LogP contribution is 2.17. The number of ketones is 1. The van der Waals surface area contributed by atoms with E-state index in [1.807, 2.05) is 0 Å². The number of halogens is 3. The zero-order valence-corrected chi connectivity index (χ0v) is 9.55. The Bertz CT molecular complexity index is 245. The van der Waals surface area contributed by atoms with Gasteiger partial charge in [-0.25, -0.2) is 0 Å². The van der Waals surface area contributed by atoms with Crippen LogP contribution in [0.5, 0.6) is 0 Å². The van der Waals surface area contributed by atoms with Crippen LogP contribution in [0.3, 0.4) is 0 Å². The molecule has 0 saturated carbocycles. The normalized spacial score (nSPS) is 20.4. The monoisotopic (exact) mass is 238 g/mol. The fourth-order valence-electron chi connectivity index (χ4n) is 1.73. The van der Waals surface area contributed by atoms with Gasteiger partial charge in [-0.15, -0.1) is 0 Å². The summed E-state index contributed by atoms with van der Waals surface area (Å²) in [7, 11) is 0. The van der Waals surface area contributed by atoms with E-state index in [0.717, 1.165) is 13.1 Å². The first kappa shape index (κ1) is 13.4. The summed E-state index contributed by atoms with van der Waals surface area (Å²) in [5, 5.41) is 0. The fraction of sp³-hybridized carbons (Fsp3) is 0.900. The molecule has 6 heteroatoms. The smallest absolute Gasteiger partial charge is 0.298 e. The molecule has 0 amide bonds. The first-order valence-electron chi connectivity index (χ1n) is 5.37. The molecule has 94 valence electrons. The predicted octanol–water partition coefficient (Wildman–Crippen LogP) is 1.14. The Labute approximate surface area is 93.2 Å². The third-order valence-electron chi connectivity index (χ3n) is 2.82. The molecule has 0 aromatic rings. The van der Waals surface area contributed by atoms with E-state index in [9.17, 15) is 18.0 Å². The van der Waals surface area contributed by atoms with Crippen molar-refractivity contribution < 1.29 is 18.0 Å². The molecular weight excluding hydrogens is 221 g/mol. The van der Waals surface area contributed by atoms with Crippen LogP contribution in [-0.2, 0) is 4.79 Å². The molecule has 0 spiro atoms. The number of nitrogens with zero attached hydrogens (tertiary/aromatic N) is 2. The lowest BCUT2D eigenvalue weighted by atomic mass is 10.2. The summed E-state index contributed by atoms with van der Waals surface area (Å²) in [6.45, 7) is 6.11. The molecule has 0 unspecified atom stereocenters. The van der Waals surface area contributed by atoms with E-state index in [1.165, 1.54) is 0 Å². The van der Waals surface area contributed by atoms with Gasteiger partial charge in [0.05, 0.1) is 6.54 Å². The van der Waals surface area contributed by atoms with Gasteiger partial charge in [0.1, 0.15) is 0 Å². The molecule has 0 aliphatic carbocycles. The lowest BCUT2D eigenvalue weighted by molar-refractivity contribution is -0.172. The lowest BCUT2D eigenvalue weighted by Crippen LogP contribution is -2.51. The SMILES string of the molecule is CC(C)N1CCN(CC(=O)C(F)(F)F)CC1. The van der Waals surface area contributed by atoms with E-state index >= 15 is 0 Å². The zero-order valence-electron chi connectivity index (χ0n) is 9.55. The van der Waals surface area contributed by atoms with Gasteiger partial charge >= 0.3 is 6.18 Å². The van der Waals surface area contributed by atoms with Crippen molar-refractivity contribution in [2.45, 2.75) is 26.1 Å². The first-order chi connectivity index (χ1) is 7.30. The van der Waals surface area contributed by atoms with E-state index in [0.29, 0.717) is 19.1 Å². The molecule has 0 aromatic carbocycles. The summed E-state index contributed by atoms with van der Waals surface area (Å²) in [5.74, 6) is -1.65. The molecule has 1 fully saturated rings. The number of rotatable bonds is 3. The second-order valence-corrected chi connectivity index (χ2v) is 4.33. The number of carbonyl (C=O) groups excluding carboxylic acids is 1. The van der Waals surface area contributed by atoms with Gasteiger partial charge in [0.2, 0.25) is 5.78 Å². The average molecular weight is 238 g/mol. The number of piperazine rings is 1. The summed E-state index contributed by atoms with van der Waals surface area (Å²) >= 11 is 0. The molecule has 1 aliphatic rings. The van der Waals surface area contributed by atoms with Gasteiger partial charge in [-0.05, 0) is 13.8 Å². The molecule has 0 N–H and O–H groups in total. The van der Waals surface area contributed by atoms with Crippen LogP contribution in [0.1, 0.15) is 13.8 Å². The zero-order chi connectivity index (χ0) is 12.3. The highest BCUT2D eigenvalue weighted by molar-refractivity contribution is 5.85. The van der Waals surface area contributed by atoms with Crippen LogP contribution in [-0.4, -0.2) is 60.5 Å². The number of Topliss-reactive ketones (excluding diaryl/α,β-unsaturated/α-hetero) is 1. The van der Waals surface area contributed by atoms with Crippen LogP contribution >= 0.6 is 0 Å². The number of hydrogen-bond donors (Lipinski definition) is 0. The molecule has 0 radical (unpaired) electrons. The van der Waals surface area contributed by atoms with Crippen LogP contribution in [0.2, 0.25) is 0 Å². The van der Waals surface area contributed by atoms with Crippen LogP contribution < -0.4 is 0 Å². The minimum Gasteiger partial charge on any atom is -0.298 e. The van der Waals surface area contributed by atoms with Crippen molar-refractivity contribution in [2.24, 2.45) is 0 Å². The highest BCUT2D eigenvalue weighted by Gasteiger charge is 2.39. The molecule has 16 heavy (non-hydrogen) atoms. The predicted molar refractivity (Wildman–Crippen MR) is 54.2 cm³/mol. The highest BCUT2D eigenvalue weighted by atomic mass is 19.4. The maximum absolute atomic E-state index is 12.0. The first-order valence-corrected chi connectivity index (χ1v) is 5.37. The summed E-state index contributed by atoms with van der Waals surface area (Å²) in [4.78, 5) is 14.5. The Kier molecular flexibility index (Phi) is 4.32. The van der Waals surface area contributed by atoms with Gasteiger partial charge in [-0.2, -0.15) is 13.2 Å². The Morgan fingerprint density at radius 3 is 2.06 bits per heavy atom. The molecule has 1 saturated heterocycles. The quantitative estimate of drug-likeness (QED) is 0.736. The maximum Gasteiger partial charge on any atom is 0.451 e. The molecule has 1 rings (SSSR count). The van der Waals surface area contributed by atoms with Crippen molar-refractivity contribution in [1.29, 1.82) is 0 Å². The van der Waals surface area contributed by atoms with Crippen LogP contribution in [0.25, 0.3) is 0 Å². The van der Waals surface area contributed by atoms with Gasteiger partial charge in [-0.1, -0.05) is 0 Å². The van der Waals surface area contributed by atoms with Crippen molar-refractivity contribution in [3.8, 4) is 0 Å². The summed E-state index contributed by atoms with van der Waals surface area (Å²) in [6, 6.07) is 0.403. The van der Waals surface area contributed by atoms with Crippen molar-refractivity contribution >= 4 is 5.78 Å². The molecule has 1 heterocycles. The minimum absolute atomic E-state index is 0.403. The Hall–Kier alpha value is -0.620. The molecule has 0 bridgehead atoms. The van der Waals surface area contributed by atoms with Crippen molar-refractivity contribution in [2.75, 3.05) is 32.7 Å². The molecular formula is C10H17F3N2O. The molecule has 3 nitrogen and oxygen atoms in total. The topological polar surface area (TPSA) is 23.6 Å². The maximum atomic E-state index is 12.0. The van der Waals surface area contributed by atoms with Gasteiger partial charge < -0.3 is 0 Å². The van der Waals surface area contributed by atoms with Gasteiger partial charge in [0.15, 0.2) is 0 Å². The van der Waals surface area contributed by atoms with Crippen LogP contribution in [0.4, 0.5) is 13.2 Å². The Morgan fingerprint density at radius 2 is 1.69 bits per heavy atom. The van der Waals surface area contributed by atoms with E-state index in [2.05, 4.69) is 18.7 Å². The van der Waals surface area contributed by atoms with Gasteiger partial charge in [0.25, 0.3) is 0 Å². The van der Waals surface area contributed by atoms with Gasteiger partial charge in [0, 0.05) is 32.2 Å². The summed E-state index contributed by atoms with van der Waals surface area (Å²) in [6.07, 6.45) is -4.70. The lowest BCUT2D eigenvalue weighted by Gasteiger charge is -2.36. The third-order valence-corrected chi connectivity index (χ3v) is 2.82. The van der Waals surface area contributed by atoms with E-state index < -0.39 is 18.5 Å². The van der Waals surface area contributed by atoms with Crippen molar-refractivity contribution in [3.05, 3.63) is 0 Å². The van der Waals surface area contributed by atoms with Crippen molar-refractivity contribution in [1.82, 2.24) is 9.80 Å². The molecule has 1 aliphatic heterocycles. The standard InChI is InChI=1S/C10H17F3N2O/c1-8(2)15-5-3-14(4-6-15)7-9(16)10(11,12)13/h8H,3-7H2,1-2H3. The van der Waals surface area contributed by atoms with Gasteiger partial charge in [-0.3, -0.25) is 14.6 Å². The summed E-state index contributed by atoms with van der Waals surface area (Å²) in [5.41, 5.74) is 0. The summed E-state index contributed by atoms with van der Waals surface area (Å²) < 4.78 is 36.1. The molecule has 0 atom stereocenters.